The third kappa shape index (κ3) is 6.08. The van der Waals surface area contributed by atoms with Gasteiger partial charge in [0.15, 0.2) is 0 Å². The van der Waals surface area contributed by atoms with Gasteiger partial charge in [0.2, 0.25) is 5.91 Å². The first-order chi connectivity index (χ1) is 20.3. The summed E-state index contributed by atoms with van der Waals surface area (Å²) in [6, 6.07) is 11.5. The number of amides is 2. The first-order valence-corrected chi connectivity index (χ1v) is 14.4. The molecule has 1 aliphatic carbocycles. The van der Waals surface area contributed by atoms with Gasteiger partial charge in [-0.1, -0.05) is 31.7 Å². The molecule has 0 radical (unpaired) electrons. The second kappa shape index (κ2) is 11.6. The lowest BCUT2D eigenvalue weighted by Crippen LogP contribution is -2.72. The molecule has 0 bridgehead atoms. The quantitative estimate of drug-likeness (QED) is 0.272. The molecule has 3 heterocycles. The minimum Gasteiger partial charge on any atom is -0.338 e. The number of hydrogen-bond acceptors (Lipinski definition) is 5. The van der Waals surface area contributed by atoms with Crippen LogP contribution in [-0.4, -0.2) is 71.9 Å². The van der Waals surface area contributed by atoms with Crippen LogP contribution >= 0.6 is 0 Å². The Hall–Kier alpha value is -3.99. The Morgan fingerprint density at radius 3 is 2.35 bits per heavy atom. The normalized spacial score (nSPS) is 21.9. The number of anilines is 1. The van der Waals surface area contributed by atoms with Crippen LogP contribution in [0.25, 0.3) is 0 Å². The van der Waals surface area contributed by atoms with Crippen LogP contribution in [-0.2, 0) is 24.1 Å². The lowest BCUT2D eigenvalue weighted by Gasteiger charge is -2.60. The Morgan fingerprint density at radius 2 is 1.79 bits per heavy atom. The average Bonchev–Trinajstić information content (AvgIpc) is 3.26. The lowest BCUT2D eigenvalue weighted by molar-refractivity contribution is -0.154. The molecule has 4 aliphatic rings. The van der Waals surface area contributed by atoms with Crippen LogP contribution in [0.2, 0.25) is 0 Å². The molecule has 0 atom stereocenters. The molecule has 228 valence electrons. The molecule has 1 saturated carbocycles. The van der Waals surface area contributed by atoms with E-state index in [2.05, 4.69) is 18.4 Å². The largest absolute Gasteiger partial charge is 0.416 e. The van der Waals surface area contributed by atoms with Crippen LogP contribution in [0.15, 0.2) is 55.1 Å². The van der Waals surface area contributed by atoms with E-state index >= 15 is 0 Å². The molecular weight excluding hydrogens is 557 g/mol. The maximum atomic E-state index is 13.9. The van der Waals surface area contributed by atoms with Crippen molar-refractivity contribution < 1.29 is 22.8 Å². The number of alkyl halides is 3. The summed E-state index contributed by atoms with van der Waals surface area (Å²) in [4.78, 5) is 31.4. The molecular formula is C32H37F3N6O2. The zero-order valence-corrected chi connectivity index (χ0v) is 24.5. The fraction of sp³-hybridized carbons (Fsp3) is 0.438. The highest BCUT2D eigenvalue weighted by atomic mass is 19.4. The van der Waals surface area contributed by atoms with E-state index in [1.807, 2.05) is 0 Å². The second-order valence-corrected chi connectivity index (χ2v) is 12.3. The zero-order chi connectivity index (χ0) is 31.1. The highest BCUT2D eigenvalue weighted by Crippen LogP contribution is 2.43. The van der Waals surface area contributed by atoms with Crippen molar-refractivity contribution in [2.24, 2.45) is 17.3 Å². The maximum absolute atomic E-state index is 13.9. The van der Waals surface area contributed by atoms with E-state index in [4.69, 9.17) is 10.8 Å². The van der Waals surface area contributed by atoms with Gasteiger partial charge in [-0.2, -0.15) is 13.2 Å². The number of hydrogen-bond donors (Lipinski definition) is 2. The Labute approximate surface area is 249 Å². The number of rotatable bonds is 6. The fourth-order valence-corrected chi connectivity index (χ4v) is 6.63. The third-order valence-electron chi connectivity index (χ3n) is 8.87. The van der Waals surface area contributed by atoms with Crippen molar-refractivity contribution in [3.8, 4) is 0 Å². The summed E-state index contributed by atoms with van der Waals surface area (Å²) >= 11 is 0. The van der Waals surface area contributed by atoms with E-state index in [1.54, 1.807) is 53.2 Å². The Bertz CT molecular complexity index is 1420. The molecule has 0 unspecified atom stereocenters. The molecule has 1 spiro atoms. The van der Waals surface area contributed by atoms with Gasteiger partial charge in [0.05, 0.1) is 18.4 Å². The molecule has 8 nitrogen and oxygen atoms in total. The van der Waals surface area contributed by atoms with Crippen molar-refractivity contribution in [2.75, 3.05) is 38.1 Å². The molecule has 43 heavy (non-hydrogen) atoms. The zero-order valence-electron chi connectivity index (χ0n) is 24.5. The summed E-state index contributed by atoms with van der Waals surface area (Å²) in [7, 11) is 1.76. The maximum Gasteiger partial charge on any atom is 0.416 e. The van der Waals surface area contributed by atoms with Gasteiger partial charge in [-0.25, -0.2) is 0 Å². The van der Waals surface area contributed by atoms with E-state index in [9.17, 15) is 22.8 Å². The molecule has 6 rings (SSSR count). The Morgan fingerprint density at radius 1 is 1.14 bits per heavy atom. The highest BCUT2D eigenvalue weighted by molar-refractivity contribution is 6.10. The standard InChI is InChI=1S/C24H22F3N3O2.C8H15N3/c1-2-21(31)29-14-23(15-29)12-28(13-23)10-16-8-18-19(20(9-16)24(25,26)27)11-30(22(18)32)17-6-4-3-5-7-17;1-6-3-7(4-6)8(10)11(2)5-9/h2-9H,1,10-15H2;5-7,9-10H,3-4H2,1-2H3. The van der Waals surface area contributed by atoms with Crippen LogP contribution in [0.5, 0.6) is 0 Å². The number of para-hydroxylation sites is 1. The molecule has 2 N–H and O–H groups in total. The molecule has 2 amide bonds. The molecule has 0 aromatic heterocycles. The molecule has 2 saturated heterocycles. The second-order valence-electron chi connectivity index (χ2n) is 12.3. The number of nitrogens with zero attached hydrogens (tertiary/aromatic N) is 4. The number of benzene rings is 2. The fourth-order valence-electron chi connectivity index (χ4n) is 6.63. The van der Waals surface area contributed by atoms with E-state index in [0.717, 1.165) is 31.8 Å². The smallest absolute Gasteiger partial charge is 0.338 e. The van der Waals surface area contributed by atoms with Crippen LogP contribution in [0.4, 0.5) is 18.9 Å². The summed E-state index contributed by atoms with van der Waals surface area (Å²) in [5.74, 6) is 1.29. The topological polar surface area (TPSA) is 94.8 Å². The first-order valence-electron chi connectivity index (χ1n) is 14.4. The molecule has 3 fully saturated rings. The SMILES string of the molecule is C=CC(=O)N1CC2(CN(Cc3cc4c(c(C(F)(F)F)c3)CN(c3ccccc3)C4=O)C2)C1.CC1CC(C(=N)N(C)C=N)C1. The lowest BCUT2D eigenvalue weighted by atomic mass is 9.72. The molecule has 3 aliphatic heterocycles. The summed E-state index contributed by atoms with van der Waals surface area (Å²) < 4.78 is 41.6. The number of fused-ring (bicyclic) bond motifs is 1. The molecule has 2 aromatic rings. The van der Waals surface area contributed by atoms with Gasteiger partial charge in [0.25, 0.3) is 5.91 Å². The van der Waals surface area contributed by atoms with Gasteiger partial charge < -0.3 is 14.7 Å². The average molecular weight is 595 g/mol. The predicted octanol–water partition coefficient (Wildman–Crippen LogP) is 5.24. The van der Waals surface area contributed by atoms with Gasteiger partial charge in [-0.15, -0.1) is 0 Å². The first kappa shape index (κ1) is 30.5. The number of likely N-dealkylation sites (tertiary alicyclic amines) is 2. The monoisotopic (exact) mass is 594 g/mol. The van der Waals surface area contributed by atoms with E-state index in [1.165, 1.54) is 23.4 Å². The van der Waals surface area contributed by atoms with Gasteiger partial charge in [0.1, 0.15) is 5.84 Å². The summed E-state index contributed by atoms with van der Waals surface area (Å²) in [5.41, 5.74) is 0.512. The van der Waals surface area contributed by atoms with E-state index in [-0.39, 0.29) is 29.0 Å². The number of halogens is 3. The van der Waals surface area contributed by atoms with Crippen molar-refractivity contribution in [3.63, 3.8) is 0 Å². The number of carbonyl (C=O) groups is 2. The van der Waals surface area contributed by atoms with E-state index in [0.29, 0.717) is 42.6 Å². The minimum absolute atomic E-state index is 0.0299. The van der Waals surface area contributed by atoms with Gasteiger partial charge in [0, 0.05) is 62.4 Å². The Balaban J connectivity index is 0.000000283. The van der Waals surface area contributed by atoms with Crippen molar-refractivity contribution in [1.82, 2.24) is 14.7 Å². The number of carbonyl (C=O) groups excluding carboxylic acids is 2. The number of amidine groups is 1. The van der Waals surface area contributed by atoms with Crippen LogP contribution in [0, 0.1) is 28.1 Å². The minimum atomic E-state index is -4.54. The Kier molecular flexibility index (Phi) is 8.22. The summed E-state index contributed by atoms with van der Waals surface area (Å²) in [6.45, 7) is 8.68. The van der Waals surface area contributed by atoms with Gasteiger partial charge in [-0.3, -0.25) is 25.3 Å². The van der Waals surface area contributed by atoms with Crippen molar-refractivity contribution in [1.29, 1.82) is 10.8 Å². The van der Waals surface area contributed by atoms with Crippen LogP contribution < -0.4 is 4.90 Å². The number of nitrogens with one attached hydrogen (secondary N) is 2. The van der Waals surface area contributed by atoms with E-state index < -0.39 is 17.6 Å². The molecule has 11 heteroatoms. The van der Waals surface area contributed by atoms with Crippen LogP contribution in [0.1, 0.15) is 46.8 Å². The van der Waals surface area contributed by atoms with Crippen molar-refractivity contribution in [2.45, 2.75) is 39.0 Å². The highest BCUT2D eigenvalue weighted by Gasteiger charge is 2.52. The van der Waals surface area contributed by atoms with Gasteiger partial charge >= 0.3 is 6.18 Å². The summed E-state index contributed by atoms with van der Waals surface area (Å²) in [5, 5.41) is 14.6. The van der Waals surface area contributed by atoms with Gasteiger partial charge in [-0.05, 0) is 60.2 Å². The summed E-state index contributed by atoms with van der Waals surface area (Å²) in [6.07, 6.45) is 0.199. The predicted molar refractivity (Wildman–Crippen MR) is 159 cm³/mol. The van der Waals surface area contributed by atoms with Crippen LogP contribution in [0.3, 0.4) is 0 Å². The van der Waals surface area contributed by atoms with Crippen molar-refractivity contribution in [3.05, 3.63) is 77.4 Å². The van der Waals surface area contributed by atoms with Crippen molar-refractivity contribution >= 4 is 29.7 Å². The molecule has 2 aromatic carbocycles. The third-order valence-corrected chi connectivity index (χ3v) is 8.87.